The molecule has 0 spiro atoms. The molecule has 0 saturated heterocycles. The molecular weight excluding hydrogens is 296 g/mol. The van der Waals surface area contributed by atoms with Crippen molar-refractivity contribution in [2.24, 2.45) is 0 Å². The van der Waals surface area contributed by atoms with Gasteiger partial charge in [0.25, 0.3) is 0 Å². The first-order chi connectivity index (χ1) is 11.9. The average Bonchev–Trinajstić information content (AvgIpc) is 2.63. The molecule has 130 valence electrons. The van der Waals surface area contributed by atoms with Crippen LogP contribution in [0.4, 0.5) is 0 Å². The Hall–Kier alpha value is -1.90. The number of aryl methyl sites for hydroxylation is 1. The first kappa shape index (κ1) is 18.4. The maximum absolute atomic E-state index is 6.03. The van der Waals surface area contributed by atoms with Crippen molar-refractivity contribution in [3.63, 3.8) is 0 Å². The zero-order valence-electron chi connectivity index (χ0n) is 15.1. The van der Waals surface area contributed by atoms with Gasteiger partial charge in [-0.1, -0.05) is 58.1 Å². The summed E-state index contributed by atoms with van der Waals surface area (Å²) in [6, 6.07) is 8.23. The number of unbranched alkanes of at least 4 members (excludes halogenated alkanes) is 5. The highest BCUT2D eigenvalue weighted by Gasteiger charge is 2.12. The number of hydrogen-bond donors (Lipinski definition) is 0. The van der Waals surface area contributed by atoms with Crippen LogP contribution in [-0.2, 0) is 6.42 Å². The second-order valence-corrected chi connectivity index (χ2v) is 6.26. The van der Waals surface area contributed by atoms with Gasteiger partial charge in [0.15, 0.2) is 0 Å². The van der Waals surface area contributed by atoms with Crippen LogP contribution in [0.2, 0.25) is 0 Å². The Bertz CT molecular complexity index is 544. The molecule has 0 N–H and O–H groups in total. The highest BCUT2D eigenvalue weighted by atomic mass is 16.5. The van der Waals surface area contributed by atoms with Crippen LogP contribution in [0.1, 0.15) is 64.4 Å². The van der Waals surface area contributed by atoms with E-state index in [0.29, 0.717) is 0 Å². The molecule has 0 radical (unpaired) electrons. The molecule has 0 saturated carbocycles. The molecule has 1 heterocycles. The SMILES string of the molecule is CCCCCCc1cncnc1-c1ccccc1OCCCCC. The van der Waals surface area contributed by atoms with Crippen molar-refractivity contribution in [3.8, 4) is 17.0 Å². The van der Waals surface area contributed by atoms with Crippen molar-refractivity contribution in [1.29, 1.82) is 0 Å². The number of nitrogens with zero attached hydrogens (tertiary/aromatic N) is 2. The summed E-state index contributed by atoms with van der Waals surface area (Å²) in [6.07, 6.45) is 13.1. The van der Waals surface area contributed by atoms with Crippen molar-refractivity contribution < 1.29 is 4.74 Å². The molecule has 0 atom stereocenters. The van der Waals surface area contributed by atoms with E-state index in [0.717, 1.165) is 36.5 Å². The van der Waals surface area contributed by atoms with Gasteiger partial charge in [0.1, 0.15) is 12.1 Å². The van der Waals surface area contributed by atoms with Gasteiger partial charge in [-0.15, -0.1) is 0 Å². The molecule has 0 bridgehead atoms. The van der Waals surface area contributed by atoms with E-state index in [-0.39, 0.29) is 0 Å². The molecule has 2 rings (SSSR count). The molecule has 0 fully saturated rings. The van der Waals surface area contributed by atoms with Gasteiger partial charge < -0.3 is 4.74 Å². The van der Waals surface area contributed by atoms with Gasteiger partial charge in [0, 0.05) is 11.8 Å². The highest BCUT2D eigenvalue weighted by molar-refractivity contribution is 5.69. The number of rotatable bonds is 11. The first-order valence-corrected chi connectivity index (χ1v) is 9.37. The number of para-hydroxylation sites is 1. The van der Waals surface area contributed by atoms with Gasteiger partial charge in [-0.3, -0.25) is 0 Å². The van der Waals surface area contributed by atoms with Crippen molar-refractivity contribution in [2.75, 3.05) is 6.61 Å². The van der Waals surface area contributed by atoms with Crippen LogP contribution in [0, 0.1) is 0 Å². The maximum Gasteiger partial charge on any atom is 0.128 e. The number of aromatic nitrogens is 2. The van der Waals surface area contributed by atoms with E-state index in [2.05, 4.69) is 35.9 Å². The van der Waals surface area contributed by atoms with Gasteiger partial charge in [0.2, 0.25) is 0 Å². The summed E-state index contributed by atoms with van der Waals surface area (Å²) in [5.41, 5.74) is 3.33. The summed E-state index contributed by atoms with van der Waals surface area (Å²) in [6.45, 7) is 5.21. The van der Waals surface area contributed by atoms with E-state index in [1.165, 1.54) is 44.1 Å². The Balaban J connectivity index is 2.12. The smallest absolute Gasteiger partial charge is 0.128 e. The quantitative estimate of drug-likeness (QED) is 0.487. The summed E-state index contributed by atoms with van der Waals surface area (Å²) in [4.78, 5) is 8.80. The topological polar surface area (TPSA) is 35.0 Å². The number of hydrogen-bond acceptors (Lipinski definition) is 3. The van der Waals surface area contributed by atoms with Crippen LogP contribution < -0.4 is 4.74 Å². The van der Waals surface area contributed by atoms with Crippen molar-refractivity contribution in [2.45, 2.75) is 65.2 Å². The molecule has 0 unspecified atom stereocenters. The van der Waals surface area contributed by atoms with Crippen molar-refractivity contribution in [3.05, 3.63) is 42.4 Å². The third-order valence-corrected chi connectivity index (χ3v) is 4.24. The Labute approximate surface area is 146 Å². The van der Waals surface area contributed by atoms with Crippen molar-refractivity contribution in [1.82, 2.24) is 9.97 Å². The minimum atomic E-state index is 0.766. The van der Waals surface area contributed by atoms with Crippen LogP contribution in [0.3, 0.4) is 0 Å². The Morgan fingerprint density at radius 2 is 1.71 bits per heavy atom. The molecule has 3 heteroatoms. The van der Waals surface area contributed by atoms with Crippen LogP contribution >= 0.6 is 0 Å². The van der Waals surface area contributed by atoms with E-state index in [1.807, 2.05) is 18.3 Å². The first-order valence-electron chi connectivity index (χ1n) is 9.37. The predicted molar refractivity (Wildman–Crippen MR) is 100 cm³/mol. The third-order valence-electron chi connectivity index (χ3n) is 4.24. The molecule has 2 aromatic rings. The fraction of sp³-hybridized carbons (Fsp3) is 0.524. The lowest BCUT2D eigenvalue weighted by Gasteiger charge is -2.13. The van der Waals surface area contributed by atoms with Crippen LogP contribution in [0.25, 0.3) is 11.3 Å². The number of ether oxygens (including phenoxy) is 1. The maximum atomic E-state index is 6.03. The van der Waals surface area contributed by atoms with Crippen LogP contribution in [0.5, 0.6) is 5.75 Å². The fourth-order valence-electron chi connectivity index (χ4n) is 2.85. The third kappa shape index (κ3) is 5.63. The largest absolute Gasteiger partial charge is 0.493 e. The normalized spacial score (nSPS) is 10.8. The summed E-state index contributed by atoms with van der Waals surface area (Å²) in [7, 11) is 0. The van der Waals surface area contributed by atoms with E-state index in [9.17, 15) is 0 Å². The van der Waals surface area contributed by atoms with Crippen molar-refractivity contribution >= 4 is 0 Å². The van der Waals surface area contributed by atoms with E-state index >= 15 is 0 Å². The van der Waals surface area contributed by atoms with Gasteiger partial charge in [-0.2, -0.15) is 0 Å². The fourth-order valence-corrected chi connectivity index (χ4v) is 2.85. The summed E-state index contributed by atoms with van der Waals surface area (Å²) in [5.74, 6) is 0.933. The van der Waals surface area contributed by atoms with E-state index in [4.69, 9.17) is 4.74 Å². The molecule has 0 aliphatic carbocycles. The monoisotopic (exact) mass is 326 g/mol. The molecule has 0 aliphatic rings. The minimum absolute atomic E-state index is 0.766. The zero-order chi connectivity index (χ0) is 17.0. The molecular formula is C21H30N2O. The molecule has 3 nitrogen and oxygen atoms in total. The Morgan fingerprint density at radius 3 is 2.54 bits per heavy atom. The predicted octanol–water partition coefficient (Wildman–Crippen LogP) is 5.84. The molecule has 1 aromatic heterocycles. The molecule has 0 aliphatic heterocycles. The molecule has 1 aromatic carbocycles. The van der Waals surface area contributed by atoms with Gasteiger partial charge in [-0.25, -0.2) is 9.97 Å². The molecule has 0 amide bonds. The lowest BCUT2D eigenvalue weighted by Crippen LogP contribution is -2.01. The summed E-state index contributed by atoms with van der Waals surface area (Å²) in [5, 5.41) is 0. The van der Waals surface area contributed by atoms with Gasteiger partial charge >= 0.3 is 0 Å². The van der Waals surface area contributed by atoms with E-state index in [1.54, 1.807) is 6.33 Å². The Kier molecular flexibility index (Phi) is 8.29. The standard InChI is InChI=1S/C21H30N2O/c1-3-5-7-8-12-18-16-22-17-23-21(18)19-13-9-10-14-20(19)24-15-11-6-4-2/h9-10,13-14,16-17H,3-8,11-12,15H2,1-2H3. The average molecular weight is 326 g/mol. The zero-order valence-corrected chi connectivity index (χ0v) is 15.1. The van der Waals surface area contributed by atoms with Crippen LogP contribution in [0.15, 0.2) is 36.8 Å². The van der Waals surface area contributed by atoms with Gasteiger partial charge in [0.05, 0.1) is 12.3 Å². The number of benzene rings is 1. The van der Waals surface area contributed by atoms with Gasteiger partial charge in [-0.05, 0) is 37.0 Å². The highest BCUT2D eigenvalue weighted by Crippen LogP contribution is 2.31. The van der Waals surface area contributed by atoms with Crippen LogP contribution in [-0.4, -0.2) is 16.6 Å². The minimum Gasteiger partial charge on any atom is -0.493 e. The lowest BCUT2D eigenvalue weighted by atomic mass is 10.0. The summed E-state index contributed by atoms with van der Waals surface area (Å²) >= 11 is 0. The molecule has 24 heavy (non-hydrogen) atoms. The second-order valence-electron chi connectivity index (χ2n) is 6.26. The second kappa shape index (κ2) is 10.8. The summed E-state index contributed by atoms with van der Waals surface area (Å²) < 4.78 is 6.03. The lowest BCUT2D eigenvalue weighted by molar-refractivity contribution is 0.307. The Morgan fingerprint density at radius 1 is 0.917 bits per heavy atom. The van der Waals surface area contributed by atoms with E-state index < -0.39 is 0 Å².